The van der Waals surface area contributed by atoms with Gasteiger partial charge in [0, 0.05) is 15.9 Å². The highest BCUT2D eigenvalue weighted by Crippen LogP contribution is 2.24. The molecule has 0 atom stereocenters. The summed E-state index contributed by atoms with van der Waals surface area (Å²) >= 11 is 17.5. The summed E-state index contributed by atoms with van der Waals surface area (Å²) in [5.41, 5.74) is 0.974. The second-order valence-electron chi connectivity index (χ2n) is 2.85. The summed E-state index contributed by atoms with van der Waals surface area (Å²) in [5.74, 6) is 0.646. The third kappa shape index (κ3) is 3.53. The highest BCUT2D eigenvalue weighted by molar-refractivity contribution is 6.36. The Morgan fingerprint density at radius 3 is 2.29 bits per heavy atom. The van der Waals surface area contributed by atoms with Gasteiger partial charge in [-0.1, -0.05) is 41.4 Å². The molecule has 14 heavy (non-hydrogen) atoms. The summed E-state index contributed by atoms with van der Waals surface area (Å²) in [4.78, 5) is 0. The van der Waals surface area contributed by atoms with E-state index in [4.69, 9.17) is 34.8 Å². The number of halogens is 3. The summed E-state index contributed by atoms with van der Waals surface area (Å²) in [5, 5.41) is 1.43. The van der Waals surface area contributed by atoms with Gasteiger partial charge in [-0.15, -0.1) is 11.6 Å². The average Bonchev–Trinajstić information content (AvgIpc) is 2.16. The zero-order valence-corrected chi connectivity index (χ0v) is 9.91. The van der Waals surface area contributed by atoms with Crippen molar-refractivity contribution in [1.29, 1.82) is 0 Å². The molecule has 3 heteroatoms. The number of hydrogen-bond donors (Lipinski definition) is 0. The van der Waals surface area contributed by atoms with Crippen molar-refractivity contribution in [3.8, 4) is 0 Å². The Balaban J connectivity index is 2.66. The molecule has 0 spiro atoms. The van der Waals surface area contributed by atoms with Crippen LogP contribution < -0.4 is 0 Å². The van der Waals surface area contributed by atoms with Crippen LogP contribution in [0.4, 0.5) is 0 Å². The second kappa shape index (κ2) is 6.34. The van der Waals surface area contributed by atoms with Gasteiger partial charge in [0.1, 0.15) is 0 Å². The van der Waals surface area contributed by atoms with Crippen molar-refractivity contribution < 1.29 is 0 Å². The molecule has 0 saturated heterocycles. The van der Waals surface area contributed by atoms with E-state index >= 15 is 0 Å². The average molecular weight is 250 g/mol. The molecule has 0 aliphatic carbocycles. The summed E-state index contributed by atoms with van der Waals surface area (Å²) < 4.78 is 0. The smallest absolute Gasteiger partial charge is 0.0456 e. The monoisotopic (exact) mass is 248 g/mol. The number of hydrogen-bond acceptors (Lipinski definition) is 0. The van der Waals surface area contributed by atoms with Gasteiger partial charge in [0.2, 0.25) is 0 Å². The van der Waals surface area contributed by atoms with Crippen molar-refractivity contribution in [3.05, 3.63) is 46.0 Å². The van der Waals surface area contributed by atoms with Crippen LogP contribution in [0, 0.1) is 0 Å². The molecule has 0 heterocycles. The normalized spacial score (nSPS) is 11.1. The molecule has 0 aliphatic rings. The standard InChI is InChI=1S/C11H11Cl3/c12-8-3-1-2-5-9-10(13)6-4-7-11(9)14/h1-2,4,6-7H,3,5,8H2. The van der Waals surface area contributed by atoms with Crippen molar-refractivity contribution in [1.82, 2.24) is 0 Å². The predicted molar refractivity (Wildman–Crippen MR) is 64.6 cm³/mol. The van der Waals surface area contributed by atoms with Crippen molar-refractivity contribution in [2.75, 3.05) is 5.88 Å². The largest absolute Gasteiger partial charge is 0.126 e. The Kier molecular flexibility index (Phi) is 5.39. The molecule has 0 nitrogen and oxygen atoms in total. The molecule has 0 N–H and O–H groups in total. The Morgan fingerprint density at radius 2 is 1.71 bits per heavy atom. The Hall–Kier alpha value is -0.170. The van der Waals surface area contributed by atoms with Gasteiger partial charge in [-0.25, -0.2) is 0 Å². The van der Waals surface area contributed by atoms with Crippen LogP contribution in [-0.2, 0) is 6.42 Å². The van der Waals surface area contributed by atoms with E-state index in [2.05, 4.69) is 0 Å². The van der Waals surface area contributed by atoms with Crippen LogP contribution in [0.5, 0.6) is 0 Å². The third-order valence-electron chi connectivity index (χ3n) is 1.83. The first kappa shape index (κ1) is 11.9. The minimum absolute atomic E-state index is 0.646. The second-order valence-corrected chi connectivity index (χ2v) is 4.05. The van der Waals surface area contributed by atoms with E-state index in [9.17, 15) is 0 Å². The zero-order valence-electron chi connectivity index (χ0n) is 7.64. The zero-order chi connectivity index (χ0) is 10.4. The van der Waals surface area contributed by atoms with Gasteiger partial charge in [0.05, 0.1) is 0 Å². The molecular weight excluding hydrogens is 238 g/mol. The van der Waals surface area contributed by atoms with Crippen LogP contribution >= 0.6 is 34.8 Å². The SMILES string of the molecule is ClCCC=CCc1c(Cl)cccc1Cl. The van der Waals surface area contributed by atoms with Crippen molar-refractivity contribution in [3.63, 3.8) is 0 Å². The van der Waals surface area contributed by atoms with Gasteiger partial charge in [-0.3, -0.25) is 0 Å². The molecule has 0 saturated carbocycles. The van der Waals surface area contributed by atoms with E-state index in [1.54, 1.807) is 0 Å². The van der Waals surface area contributed by atoms with Crippen molar-refractivity contribution in [2.45, 2.75) is 12.8 Å². The van der Waals surface area contributed by atoms with Gasteiger partial charge < -0.3 is 0 Å². The summed E-state index contributed by atoms with van der Waals surface area (Å²) in [6.07, 6.45) is 5.71. The molecule has 0 radical (unpaired) electrons. The maximum atomic E-state index is 6.00. The first-order valence-corrected chi connectivity index (χ1v) is 5.68. The molecule has 1 rings (SSSR count). The summed E-state index contributed by atoms with van der Waals surface area (Å²) in [6.45, 7) is 0. The fraction of sp³-hybridized carbons (Fsp3) is 0.273. The number of allylic oxidation sites excluding steroid dienone is 2. The van der Waals surface area contributed by atoms with E-state index in [1.165, 1.54) is 0 Å². The number of alkyl halides is 1. The topological polar surface area (TPSA) is 0 Å². The summed E-state index contributed by atoms with van der Waals surface area (Å²) in [6, 6.07) is 5.53. The number of benzene rings is 1. The lowest BCUT2D eigenvalue weighted by molar-refractivity contribution is 1.18. The highest BCUT2D eigenvalue weighted by Gasteiger charge is 2.02. The van der Waals surface area contributed by atoms with E-state index < -0.39 is 0 Å². The van der Waals surface area contributed by atoms with Crippen LogP contribution in [0.15, 0.2) is 30.4 Å². The molecule has 0 aliphatic heterocycles. The van der Waals surface area contributed by atoms with Crippen molar-refractivity contribution >= 4 is 34.8 Å². The Morgan fingerprint density at radius 1 is 1.07 bits per heavy atom. The lowest BCUT2D eigenvalue weighted by Crippen LogP contribution is -1.84. The van der Waals surface area contributed by atoms with Crippen LogP contribution in [-0.4, -0.2) is 5.88 Å². The molecule has 0 bridgehead atoms. The van der Waals surface area contributed by atoms with Crippen LogP contribution in [0.25, 0.3) is 0 Å². The maximum Gasteiger partial charge on any atom is 0.0456 e. The molecule has 0 amide bonds. The van der Waals surface area contributed by atoms with Gasteiger partial charge in [0.15, 0.2) is 0 Å². The third-order valence-corrected chi connectivity index (χ3v) is 2.75. The quantitative estimate of drug-likeness (QED) is 0.535. The van der Waals surface area contributed by atoms with E-state index in [0.29, 0.717) is 15.9 Å². The molecule has 1 aromatic carbocycles. The summed E-state index contributed by atoms with van der Waals surface area (Å²) in [7, 11) is 0. The van der Waals surface area contributed by atoms with E-state index in [1.807, 2.05) is 30.4 Å². The van der Waals surface area contributed by atoms with Crippen molar-refractivity contribution in [2.24, 2.45) is 0 Å². The Labute approximate surface area is 99.5 Å². The molecule has 76 valence electrons. The van der Waals surface area contributed by atoms with Crippen LogP contribution in [0.3, 0.4) is 0 Å². The molecular formula is C11H11Cl3. The molecule has 1 aromatic rings. The molecule has 0 fully saturated rings. The fourth-order valence-electron chi connectivity index (χ4n) is 1.11. The lowest BCUT2D eigenvalue weighted by Gasteiger charge is -2.02. The first-order valence-electron chi connectivity index (χ1n) is 4.39. The minimum Gasteiger partial charge on any atom is -0.126 e. The van der Waals surface area contributed by atoms with Gasteiger partial charge >= 0.3 is 0 Å². The Bertz CT molecular complexity index is 298. The van der Waals surface area contributed by atoms with Crippen LogP contribution in [0.1, 0.15) is 12.0 Å². The fourth-order valence-corrected chi connectivity index (χ4v) is 1.79. The predicted octanol–water partition coefficient (Wildman–Crippen LogP) is 4.72. The van der Waals surface area contributed by atoms with Crippen LogP contribution in [0.2, 0.25) is 10.0 Å². The van der Waals surface area contributed by atoms with E-state index in [0.717, 1.165) is 18.4 Å². The number of rotatable bonds is 4. The van der Waals surface area contributed by atoms with Gasteiger partial charge in [0.25, 0.3) is 0 Å². The molecule has 0 unspecified atom stereocenters. The highest BCUT2D eigenvalue weighted by atomic mass is 35.5. The van der Waals surface area contributed by atoms with Gasteiger partial charge in [-0.2, -0.15) is 0 Å². The van der Waals surface area contributed by atoms with Gasteiger partial charge in [-0.05, 0) is 30.5 Å². The maximum absolute atomic E-state index is 6.00. The molecule has 0 aromatic heterocycles. The minimum atomic E-state index is 0.646. The first-order chi connectivity index (χ1) is 6.75. The lowest BCUT2D eigenvalue weighted by atomic mass is 10.1. The van der Waals surface area contributed by atoms with E-state index in [-0.39, 0.29) is 0 Å².